The molecule has 6 nitrogen and oxygen atoms in total. The fourth-order valence-electron chi connectivity index (χ4n) is 3.08. The van der Waals surface area contributed by atoms with E-state index in [2.05, 4.69) is 0 Å². The SMILES string of the molecule is CN(Cc1c(F)cccc1Cl)S(=O)(=O)N1CCN(C(=O)c2ccc(Cl)cc2)CC1. The zero-order valence-corrected chi connectivity index (χ0v) is 18.0. The lowest BCUT2D eigenvalue weighted by Crippen LogP contribution is -2.53. The minimum atomic E-state index is -3.83. The molecule has 1 aliphatic heterocycles. The number of hydrogen-bond acceptors (Lipinski definition) is 3. The second-order valence-corrected chi connectivity index (χ2v) is 9.54. The van der Waals surface area contributed by atoms with E-state index in [0.717, 1.165) is 4.31 Å². The molecule has 0 unspecified atom stereocenters. The Hall–Kier alpha value is -1.71. The van der Waals surface area contributed by atoms with Gasteiger partial charge in [0.15, 0.2) is 0 Å². The second kappa shape index (κ2) is 8.97. The normalized spacial score (nSPS) is 15.7. The zero-order valence-electron chi connectivity index (χ0n) is 15.7. The summed E-state index contributed by atoms with van der Waals surface area (Å²) in [7, 11) is -2.45. The van der Waals surface area contributed by atoms with Gasteiger partial charge in [-0.3, -0.25) is 4.79 Å². The van der Waals surface area contributed by atoms with Gasteiger partial charge in [0.2, 0.25) is 0 Å². The summed E-state index contributed by atoms with van der Waals surface area (Å²) < 4.78 is 42.1. The average Bonchev–Trinajstić information content (AvgIpc) is 2.71. The molecule has 1 amide bonds. The van der Waals surface area contributed by atoms with Gasteiger partial charge in [0, 0.05) is 60.9 Å². The molecule has 156 valence electrons. The number of benzene rings is 2. The van der Waals surface area contributed by atoms with Crippen molar-refractivity contribution in [1.82, 2.24) is 13.5 Å². The maximum Gasteiger partial charge on any atom is 0.282 e. The van der Waals surface area contributed by atoms with Gasteiger partial charge in [-0.05, 0) is 36.4 Å². The van der Waals surface area contributed by atoms with E-state index >= 15 is 0 Å². The van der Waals surface area contributed by atoms with Crippen molar-refractivity contribution in [2.24, 2.45) is 0 Å². The number of piperazine rings is 1. The highest BCUT2D eigenvalue weighted by atomic mass is 35.5. The van der Waals surface area contributed by atoms with Crippen molar-refractivity contribution in [3.63, 3.8) is 0 Å². The lowest BCUT2D eigenvalue weighted by molar-refractivity contribution is 0.0694. The molecule has 1 heterocycles. The summed E-state index contributed by atoms with van der Waals surface area (Å²) in [6.45, 7) is 0.635. The smallest absolute Gasteiger partial charge is 0.282 e. The molecular formula is C19H20Cl2FN3O3S. The third-order valence-corrected chi connectivity index (χ3v) is 7.32. The fourth-order valence-corrected chi connectivity index (χ4v) is 4.74. The first-order valence-corrected chi connectivity index (χ1v) is 11.0. The van der Waals surface area contributed by atoms with E-state index in [0.29, 0.717) is 10.6 Å². The molecule has 1 fully saturated rings. The van der Waals surface area contributed by atoms with Crippen LogP contribution in [0.15, 0.2) is 42.5 Å². The highest BCUT2D eigenvalue weighted by molar-refractivity contribution is 7.86. The van der Waals surface area contributed by atoms with Crippen LogP contribution in [0, 0.1) is 5.82 Å². The van der Waals surface area contributed by atoms with Gasteiger partial charge in [-0.1, -0.05) is 29.3 Å². The molecule has 0 bridgehead atoms. The quantitative estimate of drug-likeness (QED) is 0.689. The van der Waals surface area contributed by atoms with E-state index in [-0.39, 0.29) is 49.2 Å². The van der Waals surface area contributed by atoms with E-state index in [1.165, 1.54) is 29.6 Å². The minimum absolute atomic E-state index is 0.122. The third kappa shape index (κ3) is 4.90. The maximum absolute atomic E-state index is 14.0. The Morgan fingerprint density at radius 3 is 2.28 bits per heavy atom. The van der Waals surface area contributed by atoms with Crippen molar-refractivity contribution in [1.29, 1.82) is 0 Å². The molecule has 1 saturated heterocycles. The van der Waals surface area contributed by atoms with Crippen LogP contribution in [-0.2, 0) is 16.8 Å². The first kappa shape index (κ1) is 22.0. The predicted molar refractivity (Wildman–Crippen MR) is 111 cm³/mol. The summed E-state index contributed by atoms with van der Waals surface area (Å²) in [6.07, 6.45) is 0. The molecule has 0 N–H and O–H groups in total. The molecule has 10 heteroatoms. The number of hydrogen-bond donors (Lipinski definition) is 0. The molecule has 0 radical (unpaired) electrons. The van der Waals surface area contributed by atoms with Crippen LogP contribution in [0.2, 0.25) is 10.0 Å². The van der Waals surface area contributed by atoms with Gasteiger partial charge < -0.3 is 4.90 Å². The van der Waals surface area contributed by atoms with Crippen LogP contribution in [-0.4, -0.2) is 61.1 Å². The van der Waals surface area contributed by atoms with Gasteiger partial charge in [0.05, 0.1) is 0 Å². The van der Waals surface area contributed by atoms with Gasteiger partial charge >= 0.3 is 0 Å². The van der Waals surface area contributed by atoms with Crippen molar-refractivity contribution in [2.45, 2.75) is 6.54 Å². The van der Waals surface area contributed by atoms with Gasteiger partial charge in [0.1, 0.15) is 5.82 Å². The fraction of sp³-hybridized carbons (Fsp3) is 0.316. The maximum atomic E-state index is 14.0. The number of nitrogens with zero attached hydrogens (tertiary/aromatic N) is 3. The lowest BCUT2D eigenvalue weighted by atomic mass is 10.2. The topological polar surface area (TPSA) is 60.9 Å². The largest absolute Gasteiger partial charge is 0.336 e. The molecule has 2 aromatic carbocycles. The number of amides is 1. The van der Waals surface area contributed by atoms with Crippen molar-refractivity contribution in [3.05, 3.63) is 69.5 Å². The Morgan fingerprint density at radius 2 is 1.69 bits per heavy atom. The molecule has 3 rings (SSSR count). The summed E-state index contributed by atoms with van der Waals surface area (Å²) in [5.74, 6) is -0.733. The van der Waals surface area contributed by atoms with Crippen LogP contribution in [0.25, 0.3) is 0 Å². The van der Waals surface area contributed by atoms with Crippen molar-refractivity contribution in [2.75, 3.05) is 33.2 Å². The molecule has 1 aliphatic rings. The Kier molecular flexibility index (Phi) is 6.80. The molecule has 0 spiro atoms. The van der Waals surface area contributed by atoms with Crippen LogP contribution in [0.4, 0.5) is 4.39 Å². The molecule has 0 saturated carbocycles. The third-order valence-electron chi connectivity index (χ3n) is 4.78. The summed E-state index contributed by atoms with van der Waals surface area (Å²) in [6, 6.07) is 10.8. The monoisotopic (exact) mass is 459 g/mol. The molecule has 2 aromatic rings. The number of carbonyl (C=O) groups excluding carboxylic acids is 1. The van der Waals surface area contributed by atoms with Crippen molar-refractivity contribution in [3.8, 4) is 0 Å². The van der Waals surface area contributed by atoms with E-state index in [4.69, 9.17) is 23.2 Å². The predicted octanol–water partition coefficient (Wildman–Crippen LogP) is 3.27. The number of carbonyl (C=O) groups is 1. The van der Waals surface area contributed by atoms with Crippen LogP contribution < -0.4 is 0 Å². The molecule has 29 heavy (non-hydrogen) atoms. The summed E-state index contributed by atoms with van der Waals surface area (Å²) >= 11 is 11.8. The highest BCUT2D eigenvalue weighted by Gasteiger charge is 2.32. The summed E-state index contributed by atoms with van der Waals surface area (Å²) in [5.41, 5.74) is 0.619. The van der Waals surface area contributed by atoms with Gasteiger partial charge in [-0.2, -0.15) is 17.0 Å². The standard InChI is InChI=1S/C19H20Cl2FN3O3S/c1-23(13-16-17(21)3-2-4-18(16)22)29(27,28)25-11-9-24(10-12-25)19(26)14-5-7-15(20)8-6-14/h2-8H,9-13H2,1H3. The van der Waals surface area contributed by atoms with Gasteiger partial charge in [0.25, 0.3) is 16.1 Å². The zero-order chi connectivity index (χ0) is 21.2. The van der Waals surface area contributed by atoms with E-state index < -0.39 is 16.0 Å². The van der Waals surface area contributed by atoms with E-state index in [1.54, 1.807) is 29.2 Å². The van der Waals surface area contributed by atoms with Crippen LogP contribution in [0.5, 0.6) is 0 Å². The lowest BCUT2D eigenvalue weighted by Gasteiger charge is -2.36. The Labute approximate surface area is 179 Å². The molecule has 0 aromatic heterocycles. The molecular weight excluding hydrogens is 440 g/mol. The summed E-state index contributed by atoms with van der Waals surface area (Å²) in [5, 5.41) is 0.709. The Balaban J connectivity index is 1.64. The van der Waals surface area contributed by atoms with Gasteiger partial charge in [-0.15, -0.1) is 0 Å². The van der Waals surface area contributed by atoms with E-state index in [9.17, 15) is 17.6 Å². The van der Waals surface area contributed by atoms with Crippen molar-refractivity contribution < 1.29 is 17.6 Å². The second-order valence-electron chi connectivity index (χ2n) is 6.66. The van der Waals surface area contributed by atoms with Crippen molar-refractivity contribution >= 4 is 39.3 Å². The van der Waals surface area contributed by atoms with Crippen LogP contribution >= 0.6 is 23.2 Å². The van der Waals surface area contributed by atoms with Crippen LogP contribution in [0.1, 0.15) is 15.9 Å². The average molecular weight is 460 g/mol. The van der Waals surface area contributed by atoms with Gasteiger partial charge in [-0.25, -0.2) is 4.39 Å². The van der Waals surface area contributed by atoms with Crippen LogP contribution in [0.3, 0.4) is 0 Å². The Morgan fingerprint density at radius 1 is 1.07 bits per heavy atom. The van der Waals surface area contributed by atoms with E-state index in [1.807, 2.05) is 0 Å². The number of halogens is 3. The Bertz CT molecular complexity index is 974. The summed E-state index contributed by atoms with van der Waals surface area (Å²) in [4.78, 5) is 14.2. The number of rotatable bonds is 5. The molecule has 0 atom stereocenters. The molecule has 0 aliphatic carbocycles. The highest BCUT2D eigenvalue weighted by Crippen LogP contribution is 2.23. The minimum Gasteiger partial charge on any atom is -0.336 e. The first-order chi connectivity index (χ1) is 13.7. The first-order valence-electron chi connectivity index (χ1n) is 8.89.